The number of nitrogens with zero attached hydrogens (tertiary/aromatic N) is 6. The number of carbonyl (C=O) groups is 1. The van der Waals surface area contributed by atoms with Crippen molar-refractivity contribution in [2.75, 3.05) is 29.6 Å². The Morgan fingerprint density at radius 1 is 1.33 bits per heavy atom. The third-order valence-corrected chi connectivity index (χ3v) is 6.11. The number of aryl methyl sites for hydroxylation is 1. The van der Waals surface area contributed by atoms with E-state index in [4.69, 9.17) is 9.72 Å². The Labute approximate surface area is 187 Å². The zero-order valence-electron chi connectivity index (χ0n) is 18.3. The van der Waals surface area contributed by atoms with Gasteiger partial charge in [0.2, 0.25) is 5.91 Å². The average molecular weight is 463 g/mol. The number of amides is 1. The lowest BCUT2D eigenvalue weighted by Crippen LogP contribution is -2.44. The van der Waals surface area contributed by atoms with Gasteiger partial charge in [-0.05, 0) is 19.9 Å². The van der Waals surface area contributed by atoms with Crippen molar-refractivity contribution in [3.63, 3.8) is 0 Å². The molecule has 0 unspecified atom stereocenters. The maximum absolute atomic E-state index is 13.3. The Morgan fingerprint density at radius 3 is 2.85 bits per heavy atom. The first-order valence-electron chi connectivity index (χ1n) is 10.9. The molecule has 0 saturated carbocycles. The van der Waals surface area contributed by atoms with E-state index >= 15 is 0 Å². The van der Waals surface area contributed by atoms with Gasteiger partial charge in [-0.15, -0.1) is 0 Å². The van der Waals surface area contributed by atoms with Crippen molar-refractivity contribution >= 4 is 28.4 Å². The molecule has 1 amide bonds. The normalized spacial score (nSPS) is 20.4. The molecular formula is C21H24F3N7O2. The van der Waals surface area contributed by atoms with Crippen molar-refractivity contribution < 1.29 is 22.7 Å². The van der Waals surface area contributed by atoms with Crippen LogP contribution in [-0.4, -0.2) is 68.9 Å². The summed E-state index contributed by atoms with van der Waals surface area (Å²) in [5.41, 5.74) is 2.65. The largest absolute Gasteiger partial charge is 0.391 e. The molecule has 0 radical (unpaired) electrons. The molecular weight excluding hydrogens is 439 g/mol. The monoisotopic (exact) mass is 463 g/mol. The van der Waals surface area contributed by atoms with Crippen LogP contribution in [0.1, 0.15) is 26.7 Å². The Morgan fingerprint density at radius 2 is 2.15 bits per heavy atom. The molecule has 0 bridgehead atoms. The number of rotatable bonds is 4. The molecule has 0 spiro atoms. The molecule has 0 aliphatic carbocycles. The number of anilines is 2. The summed E-state index contributed by atoms with van der Waals surface area (Å²) in [7, 11) is 0. The SMILES string of the molecule is C[C@@H]1COCCN1c1cc2c3c(n1)c(-c1ccn[nH]1)nn3CCC(=O)N2[C@H](C)CC(F)(F)F. The summed E-state index contributed by atoms with van der Waals surface area (Å²) < 4.78 is 47.1. The van der Waals surface area contributed by atoms with E-state index in [0.717, 1.165) is 0 Å². The zero-order chi connectivity index (χ0) is 23.3. The van der Waals surface area contributed by atoms with E-state index in [2.05, 4.69) is 20.2 Å². The first-order valence-corrected chi connectivity index (χ1v) is 10.9. The third-order valence-electron chi connectivity index (χ3n) is 6.11. The van der Waals surface area contributed by atoms with Crippen molar-refractivity contribution in [2.24, 2.45) is 0 Å². The van der Waals surface area contributed by atoms with E-state index in [0.29, 0.717) is 53.7 Å². The number of hydrogen-bond acceptors (Lipinski definition) is 6. The Balaban J connectivity index is 1.74. The van der Waals surface area contributed by atoms with E-state index in [1.54, 1.807) is 23.0 Å². The minimum atomic E-state index is -4.40. The van der Waals surface area contributed by atoms with Gasteiger partial charge < -0.3 is 14.5 Å². The van der Waals surface area contributed by atoms with E-state index < -0.39 is 18.6 Å². The third kappa shape index (κ3) is 3.92. The molecule has 3 aromatic heterocycles. The van der Waals surface area contributed by atoms with Gasteiger partial charge in [-0.25, -0.2) is 4.98 Å². The second-order valence-corrected chi connectivity index (χ2v) is 8.54. The van der Waals surface area contributed by atoms with Crippen LogP contribution in [0.2, 0.25) is 0 Å². The Hall–Kier alpha value is -3.15. The molecule has 5 rings (SSSR count). The van der Waals surface area contributed by atoms with Crippen molar-refractivity contribution in [1.29, 1.82) is 0 Å². The van der Waals surface area contributed by atoms with Crippen LogP contribution in [0.3, 0.4) is 0 Å². The van der Waals surface area contributed by atoms with Crippen LogP contribution < -0.4 is 9.80 Å². The van der Waals surface area contributed by atoms with Gasteiger partial charge in [0.15, 0.2) is 0 Å². The maximum Gasteiger partial charge on any atom is 0.391 e. The lowest BCUT2D eigenvalue weighted by molar-refractivity contribution is -0.139. The second kappa shape index (κ2) is 8.01. The summed E-state index contributed by atoms with van der Waals surface area (Å²) in [6, 6.07) is 2.42. The predicted octanol–water partition coefficient (Wildman–Crippen LogP) is 3.12. The highest BCUT2D eigenvalue weighted by molar-refractivity contribution is 6.06. The maximum atomic E-state index is 13.3. The number of morpholine rings is 1. The second-order valence-electron chi connectivity index (χ2n) is 8.54. The number of pyridine rings is 1. The van der Waals surface area contributed by atoms with Crippen LogP contribution >= 0.6 is 0 Å². The van der Waals surface area contributed by atoms with E-state index in [1.165, 1.54) is 11.8 Å². The molecule has 5 heterocycles. The molecule has 1 saturated heterocycles. The minimum absolute atomic E-state index is 0.0177. The number of aromatic amines is 1. The van der Waals surface area contributed by atoms with Gasteiger partial charge in [-0.3, -0.25) is 14.6 Å². The smallest absolute Gasteiger partial charge is 0.377 e. The molecule has 2 aliphatic heterocycles. The number of aromatic nitrogens is 5. The number of alkyl halides is 3. The van der Waals surface area contributed by atoms with E-state index in [1.807, 2.05) is 6.92 Å². The molecule has 33 heavy (non-hydrogen) atoms. The van der Waals surface area contributed by atoms with Crippen LogP contribution in [0, 0.1) is 0 Å². The highest BCUT2D eigenvalue weighted by Gasteiger charge is 2.38. The van der Waals surface area contributed by atoms with Gasteiger partial charge in [0, 0.05) is 31.3 Å². The van der Waals surface area contributed by atoms with Crippen molar-refractivity contribution in [2.45, 2.75) is 51.5 Å². The van der Waals surface area contributed by atoms with Gasteiger partial charge in [0.25, 0.3) is 0 Å². The number of H-pyrrole nitrogens is 1. The standard InChI is InChI=1S/C21H24F3N7O2/c1-12(10-21(22,23)24)31-15-9-16(29-7-8-33-11-13(29)2)26-19-18(14-3-5-25-27-14)28-30(20(15)19)6-4-17(31)32/h3,5,9,12-13H,4,6-8,10-11H2,1-2H3,(H,25,27)/t12-,13-/m1/s1. The lowest BCUT2D eigenvalue weighted by atomic mass is 10.1. The number of halogens is 3. The summed E-state index contributed by atoms with van der Waals surface area (Å²) in [5.74, 6) is 0.210. The summed E-state index contributed by atoms with van der Waals surface area (Å²) >= 11 is 0. The molecule has 2 aliphatic rings. The lowest BCUT2D eigenvalue weighted by Gasteiger charge is -2.35. The fourth-order valence-electron chi connectivity index (χ4n) is 4.64. The van der Waals surface area contributed by atoms with Gasteiger partial charge in [0.1, 0.15) is 22.5 Å². The molecule has 176 valence electrons. The van der Waals surface area contributed by atoms with Crippen LogP contribution in [0.4, 0.5) is 24.7 Å². The molecule has 12 heteroatoms. The van der Waals surface area contributed by atoms with Crippen LogP contribution in [0.15, 0.2) is 18.3 Å². The van der Waals surface area contributed by atoms with Crippen molar-refractivity contribution in [1.82, 2.24) is 25.0 Å². The summed E-state index contributed by atoms with van der Waals surface area (Å²) in [4.78, 5) is 21.3. The first-order chi connectivity index (χ1) is 15.7. The summed E-state index contributed by atoms with van der Waals surface area (Å²) in [6.07, 6.45) is -3.87. The van der Waals surface area contributed by atoms with Crippen LogP contribution in [0.25, 0.3) is 22.4 Å². The summed E-state index contributed by atoms with van der Waals surface area (Å²) in [5, 5.41) is 11.6. The van der Waals surface area contributed by atoms with Gasteiger partial charge in [0.05, 0.1) is 43.6 Å². The van der Waals surface area contributed by atoms with Gasteiger partial charge in [-0.1, -0.05) is 0 Å². The van der Waals surface area contributed by atoms with E-state index in [-0.39, 0.29) is 24.9 Å². The minimum Gasteiger partial charge on any atom is -0.377 e. The first kappa shape index (κ1) is 21.7. The predicted molar refractivity (Wildman–Crippen MR) is 115 cm³/mol. The number of hydrogen-bond donors (Lipinski definition) is 1. The molecule has 1 N–H and O–H groups in total. The molecule has 9 nitrogen and oxygen atoms in total. The van der Waals surface area contributed by atoms with Gasteiger partial charge in [-0.2, -0.15) is 23.4 Å². The molecule has 3 aromatic rings. The van der Waals surface area contributed by atoms with Crippen LogP contribution in [0.5, 0.6) is 0 Å². The average Bonchev–Trinajstić information content (AvgIpc) is 3.36. The molecule has 1 fully saturated rings. The fraction of sp³-hybridized carbons (Fsp3) is 0.524. The number of nitrogens with one attached hydrogen (secondary N) is 1. The van der Waals surface area contributed by atoms with Crippen LogP contribution in [-0.2, 0) is 16.1 Å². The fourth-order valence-corrected chi connectivity index (χ4v) is 4.64. The highest BCUT2D eigenvalue weighted by Crippen LogP contribution is 2.39. The number of ether oxygens (including phenoxy) is 1. The van der Waals surface area contributed by atoms with Crippen molar-refractivity contribution in [3.05, 3.63) is 18.3 Å². The van der Waals surface area contributed by atoms with Crippen molar-refractivity contribution in [3.8, 4) is 11.4 Å². The Kier molecular flexibility index (Phi) is 5.26. The number of carbonyl (C=O) groups excluding carboxylic acids is 1. The van der Waals surface area contributed by atoms with Gasteiger partial charge >= 0.3 is 6.18 Å². The quantitative estimate of drug-likeness (QED) is 0.639. The Bertz CT molecular complexity index is 1170. The molecule has 0 aromatic carbocycles. The van der Waals surface area contributed by atoms with E-state index in [9.17, 15) is 18.0 Å². The summed E-state index contributed by atoms with van der Waals surface area (Å²) in [6.45, 7) is 5.28. The zero-order valence-corrected chi connectivity index (χ0v) is 18.3. The topological polar surface area (TPSA) is 92.2 Å². The molecule has 2 atom stereocenters. The highest BCUT2D eigenvalue weighted by atomic mass is 19.4.